The number of nitro benzene ring substituents is 1. The van der Waals surface area contributed by atoms with Gasteiger partial charge in [0.1, 0.15) is 0 Å². The molecule has 0 aliphatic heterocycles. The molecule has 0 aromatic heterocycles. The average Bonchev–Trinajstić information content (AvgIpc) is 2.73. The van der Waals surface area contributed by atoms with Gasteiger partial charge in [0, 0.05) is 18.7 Å². The van der Waals surface area contributed by atoms with Crippen LogP contribution >= 0.6 is 0 Å². The summed E-state index contributed by atoms with van der Waals surface area (Å²) in [7, 11) is -3.64. The Morgan fingerprint density at radius 3 is 2.28 bits per heavy atom. The first-order valence-electron chi connectivity index (χ1n) is 9.98. The first-order valence-corrected chi connectivity index (χ1v) is 11.6. The molecule has 2 aromatic rings. The van der Waals surface area contributed by atoms with Crippen molar-refractivity contribution in [3.8, 4) is 0 Å². The molecule has 0 radical (unpaired) electrons. The lowest BCUT2D eigenvalue weighted by Gasteiger charge is -2.24. The third-order valence-electron chi connectivity index (χ3n) is 4.83. The zero-order chi connectivity index (χ0) is 23.7. The summed E-state index contributed by atoms with van der Waals surface area (Å²) in [5.41, 5.74) is 0.681. The summed E-state index contributed by atoms with van der Waals surface area (Å²) in [6, 6.07) is 13.1. The van der Waals surface area contributed by atoms with E-state index < -0.39 is 33.0 Å². The number of aliphatic hydroxyl groups excluding tert-OH is 1. The number of benzene rings is 2. The standard InChI is InChI=1S/C21H27N3O7S/c1-15(14-32(30,31)18-9-7-17(8-10-18)24(28)29)12-22-13-20(25)19(23-21(26)27)11-16-5-3-2-4-6-16/h2-10,15,19-20,22-23,25H,11-14H2,1H3,(H,26,27)/t15?,19-,20+/m0/s1. The molecule has 0 aliphatic carbocycles. The molecule has 10 nitrogen and oxygen atoms in total. The fourth-order valence-electron chi connectivity index (χ4n) is 3.23. The Morgan fingerprint density at radius 2 is 1.72 bits per heavy atom. The second kappa shape index (κ2) is 11.6. The summed E-state index contributed by atoms with van der Waals surface area (Å²) in [5, 5.41) is 35.5. The van der Waals surface area contributed by atoms with Gasteiger partial charge >= 0.3 is 6.09 Å². The monoisotopic (exact) mass is 465 g/mol. The number of carbonyl (C=O) groups is 1. The van der Waals surface area contributed by atoms with Crippen LogP contribution in [0.5, 0.6) is 0 Å². The predicted molar refractivity (Wildman–Crippen MR) is 118 cm³/mol. The van der Waals surface area contributed by atoms with E-state index in [0.29, 0.717) is 6.42 Å². The van der Waals surface area contributed by atoms with Crippen LogP contribution in [0.2, 0.25) is 0 Å². The zero-order valence-electron chi connectivity index (χ0n) is 17.5. The Bertz CT molecular complexity index is 998. The first kappa shape index (κ1) is 25.2. The van der Waals surface area contributed by atoms with Crippen molar-refractivity contribution in [1.82, 2.24) is 10.6 Å². The normalized spacial score (nSPS) is 14.3. The van der Waals surface area contributed by atoms with E-state index in [4.69, 9.17) is 5.11 Å². The number of aliphatic hydroxyl groups is 1. The molecule has 4 N–H and O–H groups in total. The van der Waals surface area contributed by atoms with Crippen molar-refractivity contribution >= 4 is 21.6 Å². The van der Waals surface area contributed by atoms with Crippen molar-refractivity contribution in [3.63, 3.8) is 0 Å². The minimum atomic E-state index is -3.64. The predicted octanol–water partition coefficient (Wildman–Crippen LogP) is 1.83. The van der Waals surface area contributed by atoms with E-state index in [-0.39, 0.29) is 35.3 Å². The Balaban J connectivity index is 1.88. The van der Waals surface area contributed by atoms with Gasteiger partial charge in [-0.1, -0.05) is 37.3 Å². The second-order valence-corrected chi connectivity index (χ2v) is 9.64. The van der Waals surface area contributed by atoms with Crippen molar-refractivity contribution in [1.29, 1.82) is 0 Å². The van der Waals surface area contributed by atoms with Crippen molar-refractivity contribution < 1.29 is 28.3 Å². The zero-order valence-corrected chi connectivity index (χ0v) is 18.4. The van der Waals surface area contributed by atoms with E-state index in [9.17, 15) is 28.4 Å². The summed E-state index contributed by atoms with van der Waals surface area (Å²) in [6.45, 7) is 2.06. The van der Waals surface area contributed by atoms with Crippen molar-refractivity contribution in [2.24, 2.45) is 5.92 Å². The van der Waals surface area contributed by atoms with Gasteiger partial charge in [0.05, 0.1) is 27.7 Å². The maximum atomic E-state index is 12.5. The molecule has 0 heterocycles. The van der Waals surface area contributed by atoms with Crippen LogP contribution in [0.25, 0.3) is 0 Å². The maximum Gasteiger partial charge on any atom is 0.404 e. The van der Waals surface area contributed by atoms with Gasteiger partial charge in [-0.25, -0.2) is 13.2 Å². The molecule has 2 aromatic carbocycles. The van der Waals surface area contributed by atoms with Crippen molar-refractivity contribution in [2.75, 3.05) is 18.8 Å². The number of carboxylic acid groups (broad SMARTS) is 1. The summed E-state index contributed by atoms with van der Waals surface area (Å²) in [5.74, 6) is -0.503. The van der Waals surface area contributed by atoms with Gasteiger partial charge in [0.15, 0.2) is 9.84 Å². The lowest BCUT2D eigenvalue weighted by molar-refractivity contribution is -0.384. The molecule has 1 unspecified atom stereocenters. The van der Waals surface area contributed by atoms with Gasteiger partial charge in [0.2, 0.25) is 0 Å². The summed E-state index contributed by atoms with van der Waals surface area (Å²) in [4.78, 5) is 21.2. The lowest BCUT2D eigenvalue weighted by atomic mass is 10.0. The minimum Gasteiger partial charge on any atom is -0.465 e. The smallest absolute Gasteiger partial charge is 0.404 e. The van der Waals surface area contributed by atoms with Crippen LogP contribution in [-0.2, 0) is 16.3 Å². The number of amides is 1. The average molecular weight is 466 g/mol. The number of non-ortho nitro benzene ring substituents is 1. The molecule has 0 saturated heterocycles. The van der Waals surface area contributed by atoms with Crippen molar-refractivity contribution in [2.45, 2.75) is 30.4 Å². The van der Waals surface area contributed by atoms with Crippen LogP contribution in [-0.4, -0.2) is 60.6 Å². The maximum absolute atomic E-state index is 12.5. The van der Waals surface area contributed by atoms with E-state index >= 15 is 0 Å². The number of rotatable bonds is 12. The topological polar surface area (TPSA) is 159 Å². The van der Waals surface area contributed by atoms with Gasteiger partial charge in [-0.2, -0.15) is 0 Å². The van der Waals surface area contributed by atoms with E-state index in [1.54, 1.807) is 6.92 Å². The highest BCUT2D eigenvalue weighted by Crippen LogP contribution is 2.18. The van der Waals surface area contributed by atoms with Gasteiger partial charge in [-0.15, -0.1) is 0 Å². The van der Waals surface area contributed by atoms with Crippen LogP contribution in [0, 0.1) is 16.0 Å². The molecular weight excluding hydrogens is 438 g/mol. The molecule has 3 atom stereocenters. The molecule has 0 bridgehead atoms. The minimum absolute atomic E-state index is 0.00330. The molecule has 1 amide bonds. The van der Waals surface area contributed by atoms with Crippen LogP contribution < -0.4 is 10.6 Å². The third kappa shape index (κ3) is 7.91. The second-order valence-electron chi connectivity index (χ2n) is 7.61. The number of nitro groups is 1. The number of hydrogen-bond acceptors (Lipinski definition) is 7. The van der Waals surface area contributed by atoms with E-state index in [1.165, 1.54) is 12.1 Å². The van der Waals surface area contributed by atoms with E-state index in [2.05, 4.69) is 10.6 Å². The van der Waals surface area contributed by atoms with Crippen LogP contribution in [0.1, 0.15) is 12.5 Å². The summed E-state index contributed by atoms with van der Waals surface area (Å²) < 4.78 is 25.1. The highest BCUT2D eigenvalue weighted by Gasteiger charge is 2.23. The number of nitrogens with one attached hydrogen (secondary N) is 2. The largest absolute Gasteiger partial charge is 0.465 e. The first-order chi connectivity index (χ1) is 15.1. The molecular formula is C21H27N3O7S. The summed E-state index contributed by atoms with van der Waals surface area (Å²) in [6.07, 6.45) is -1.96. The van der Waals surface area contributed by atoms with Crippen molar-refractivity contribution in [3.05, 3.63) is 70.3 Å². The Kier molecular flexibility index (Phi) is 9.12. The molecule has 0 saturated carbocycles. The third-order valence-corrected chi connectivity index (χ3v) is 6.83. The van der Waals surface area contributed by atoms with Gasteiger partial charge in [-0.05, 0) is 36.6 Å². The fourth-order valence-corrected chi connectivity index (χ4v) is 4.84. The molecule has 0 spiro atoms. The number of sulfone groups is 1. The molecule has 0 fully saturated rings. The van der Waals surface area contributed by atoms with Crippen LogP contribution in [0.15, 0.2) is 59.5 Å². The molecule has 174 valence electrons. The highest BCUT2D eigenvalue weighted by molar-refractivity contribution is 7.91. The number of nitrogens with zero attached hydrogens (tertiary/aromatic N) is 1. The highest BCUT2D eigenvalue weighted by atomic mass is 32.2. The lowest BCUT2D eigenvalue weighted by Crippen LogP contribution is -2.48. The SMILES string of the molecule is CC(CNC[C@@H](O)[C@H](Cc1ccccc1)NC(=O)O)CS(=O)(=O)c1ccc([N+](=O)[O-])cc1. The fraction of sp³-hybridized carbons (Fsp3) is 0.381. The van der Waals surface area contributed by atoms with Gasteiger partial charge in [0.25, 0.3) is 5.69 Å². The number of hydrogen-bond donors (Lipinski definition) is 4. The molecule has 11 heteroatoms. The van der Waals surface area contributed by atoms with Gasteiger partial charge in [-0.3, -0.25) is 10.1 Å². The molecule has 32 heavy (non-hydrogen) atoms. The Morgan fingerprint density at radius 1 is 1.09 bits per heavy atom. The Labute approximate surface area is 186 Å². The summed E-state index contributed by atoms with van der Waals surface area (Å²) >= 11 is 0. The van der Waals surface area contributed by atoms with E-state index in [0.717, 1.165) is 17.7 Å². The van der Waals surface area contributed by atoms with Crippen LogP contribution in [0.4, 0.5) is 10.5 Å². The van der Waals surface area contributed by atoms with Gasteiger partial charge < -0.3 is 20.8 Å². The quantitative estimate of drug-likeness (QED) is 0.273. The Hall–Kier alpha value is -3.02. The van der Waals surface area contributed by atoms with E-state index in [1.807, 2.05) is 30.3 Å². The molecule has 0 aliphatic rings. The molecule has 2 rings (SSSR count). The van der Waals surface area contributed by atoms with Crippen LogP contribution in [0.3, 0.4) is 0 Å².